The number of aryl methyl sites for hydroxylation is 1. The Morgan fingerprint density at radius 3 is 2.61 bits per heavy atom. The van der Waals surface area contributed by atoms with Crippen molar-refractivity contribution in [3.8, 4) is 0 Å². The van der Waals surface area contributed by atoms with E-state index in [1.165, 1.54) is 23.1 Å². The summed E-state index contributed by atoms with van der Waals surface area (Å²) in [6.45, 7) is 2.00. The van der Waals surface area contributed by atoms with E-state index in [2.05, 4.69) is 25.8 Å². The first-order valence-electron chi connectivity index (χ1n) is 10.2. The molecule has 2 amide bonds. The van der Waals surface area contributed by atoms with Gasteiger partial charge in [-0.3, -0.25) is 14.9 Å². The van der Waals surface area contributed by atoms with Gasteiger partial charge in [0.2, 0.25) is 11.8 Å². The minimum atomic E-state index is -0.209. The van der Waals surface area contributed by atoms with Gasteiger partial charge in [-0.2, -0.15) is 0 Å². The maximum atomic E-state index is 12.2. The number of anilines is 2. The predicted molar refractivity (Wildman–Crippen MR) is 129 cm³/mol. The zero-order chi connectivity index (χ0) is 23.0. The SMILES string of the molecule is Cc1ccc(NC(=O)CCSc2nnc(Cc3csc(NC(=O)c4ccccc4)n3)o2)cc1. The summed E-state index contributed by atoms with van der Waals surface area (Å²) in [5.41, 5.74) is 3.21. The third-order valence-electron chi connectivity index (χ3n) is 4.48. The summed E-state index contributed by atoms with van der Waals surface area (Å²) >= 11 is 2.66. The van der Waals surface area contributed by atoms with Crippen molar-refractivity contribution in [3.05, 3.63) is 82.7 Å². The van der Waals surface area contributed by atoms with Crippen molar-refractivity contribution in [2.45, 2.75) is 25.0 Å². The van der Waals surface area contributed by atoms with Gasteiger partial charge in [0.15, 0.2) is 5.13 Å². The molecule has 2 N–H and O–H groups in total. The van der Waals surface area contributed by atoms with Gasteiger partial charge >= 0.3 is 0 Å². The number of thiazole rings is 1. The van der Waals surface area contributed by atoms with Crippen LogP contribution in [0.5, 0.6) is 0 Å². The molecule has 0 aliphatic rings. The lowest BCUT2D eigenvalue weighted by atomic mass is 10.2. The van der Waals surface area contributed by atoms with Crippen LogP contribution < -0.4 is 10.6 Å². The molecule has 4 rings (SSSR count). The van der Waals surface area contributed by atoms with Crippen LogP contribution in [0.2, 0.25) is 0 Å². The first-order chi connectivity index (χ1) is 16.0. The summed E-state index contributed by atoms with van der Waals surface area (Å²) in [4.78, 5) is 28.7. The van der Waals surface area contributed by atoms with E-state index >= 15 is 0 Å². The fourth-order valence-electron chi connectivity index (χ4n) is 2.82. The highest BCUT2D eigenvalue weighted by Gasteiger charge is 2.13. The molecule has 0 unspecified atom stereocenters. The average Bonchev–Trinajstić information content (AvgIpc) is 3.45. The molecular formula is C23H21N5O3S2. The smallest absolute Gasteiger partial charge is 0.276 e. The van der Waals surface area contributed by atoms with Crippen molar-refractivity contribution >= 4 is 45.7 Å². The fourth-order valence-corrected chi connectivity index (χ4v) is 4.24. The Morgan fingerprint density at radius 1 is 1.03 bits per heavy atom. The standard InChI is InChI=1S/C23H21N5O3S2/c1-15-7-9-17(10-8-15)24-19(29)11-12-32-23-28-27-20(31-23)13-18-14-33-22(25-18)26-21(30)16-5-3-2-4-6-16/h2-10,14H,11-13H2,1H3,(H,24,29)(H,25,26,30). The van der Waals surface area contributed by atoms with E-state index in [1.54, 1.807) is 12.1 Å². The first-order valence-corrected chi connectivity index (χ1v) is 12.0. The highest BCUT2D eigenvalue weighted by Crippen LogP contribution is 2.21. The Morgan fingerprint density at radius 2 is 1.82 bits per heavy atom. The molecule has 33 heavy (non-hydrogen) atoms. The number of carbonyl (C=O) groups is 2. The number of nitrogens with zero attached hydrogens (tertiary/aromatic N) is 3. The number of carbonyl (C=O) groups excluding carboxylic acids is 2. The van der Waals surface area contributed by atoms with Crippen molar-refractivity contribution in [3.63, 3.8) is 0 Å². The van der Waals surface area contributed by atoms with Crippen LogP contribution in [0.15, 0.2) is 69.6 Å². The molecule has 0 saturated carbocycles. The van der Waals surface area contributed by atoms with Gasteiger partial charge in [-0.15, -0.1) is 21.5 Å². The van der Waals surface area contributed by atoms with E-state index in [-0.39, 0.29) is 11.8 Å². The normalized spacial score (nSPS) is 10.7. The van der Waals surface area contributed by atoms with Crippen LogP contribution in [0.4, 0.5) is 10.8 Å². The molecule has 2 heterocycles. The molecule has 2 aromatic carbocycles. The summed E-state index contributed by atoms with van der Waals surface area (Å²) in [5.74, 6) is 0.664. The van der Waals surface area contributed by atoms with E-state index < -0.39 is 0 Å². The molecule has 4 aromatic rings. The van der Waals surface area contributed by atoms with Crippen LogP contribution in [0, 0.1) is 6.92 Å². The number of amides is 2. The molecule has 0 aliphatic carbocycles. The Kier molecular flexibility index (Phi) is 7.48. The Hall–Kier alpha value is -3.50. The zero-order valence-corrected chi connectivity index (χ0v) is 19.4. The van der Waals surface area contributed by atoms with Crippen molar-refractivity contribution in [2.24, 2.45) is 0 Å². The quantitative estimate of drug-likeness (QED) is 0.332. The second-order valence-electron chi connectivity index (χ2n) is 7.12. The van der Waals surface area contributed by atoms with E-state index in [0.29, 0.717) is 40.4 Å². The maximum absolute atomic E-state index is 12.2. The summed E-state index contributed by atoms with van der Waals surface area (Å²) in [5, 5.41) is 16.5. The van der Waals surface area contributed by atoms with Gasteiger partial charge < -0.3 is 9.73 Å². The third kappa shape index (κ3) is 6.74. The van der Waals surface area contributed by atoms with Crippen molar-refractivity contribution in [2.75, 3.05) is 16.4 Å². The van der Waals surface area contributed by atoms with E-state index in [9.17, 15) is 9.59 Å². The Labute approximate surface area is 198 Å². The van der Waals surface area contributed by atoms with Crippen LogP contribution in [-0.4, -0.2) is 32.7 Å². The van der Waals surface area contributed by atoms with Crippen LogP contribution in [0.3, 0.4) is 0 Å². The number of nitrogens with one attached hydrogen (secondary N) is 2. The van der Waals surface area contributed by atoms with E-state index in [4.69, 9.17) is 4.42 Å². The van der Waals surface area contributed by atoms with E-state index in [0.717, 1.165) is 16.9 Å². The van der Waals surface area contributed by atoms with Gasteiger partial charge in [0.05, 0.1) is 12.1 Å². The third-order valence-corrected chi connectivity index (χ3v) is 6.11. The molecule has 0 saturated heterocycles. The molecule has 0 spiro atoms. The molecule has 168 valence electrons. The lowest BCUT2D eigenvalue weighted by molar-refractivity contribution is -0.115. The van der Waals surface area contributed by atoms with Gasteiger partial charge in [-0.25, -0.2) is 4.98 Å². The molecule has 0 bridgehead atoms. The average molecular weight is 480 g/mol. The van der Waals surface area contributed by atoms with Crippen LogP contribution in [0.1, 0.15) is 33.9 Å². The number of hydrogen-bond donors (Lipinski definition) is 2. The lowest BCUT2D eigenvalue weighted by Crippen LogP contribution is -2.12. The monoisotopic (exact) mass is 479 g/mol. The van der Waals surface area contributed by atoms with Crippen LogP contribution in [-0.2, 0) is 11.2 Å². The Balaban J connectivity index is 1.22. The number of hydrogen-bond acceptors (Lipinski definition) is 8. The molecule has 2 aromatic heterocycles. The fraction of sp³-hybridized carbons (Fsp3) is 0.174. The highest BCUT2D eigenvalue weighted by molar-refractivity contribution is 7.99. The lowest BCUT2D eigenvalue weighted by Gasteiger charge is -2.04. The van der Waals surface area contributed by atoms with Crippen molar-refractivity contribution < 1.29 is 14.0 Å². The second-order valence-corrected chi connectivity index (χ2v) is 9.02. The minimum absolute atomic E-state index is 0.0707. The largest absolute Gasteiger partial charge is 0.416 e. The molecule has 0 radical (unpaired) electrons. The molecule has 8 nitrogen and oxygen atoms in total. The molecular weight excluding hydrogens is 458 g/mol. The van der Waals surface area contributed by atoms with Gasteiger partial charge in [-0.05, 0) is 31.2 Å². The van der Waals surface area contributed by atoms with Crippen molar-refractivity contribution in [1.82, 2.24) is 15.2 Å². The highest BCUT2D eigenvalue weighted by atomic mass is 32.2. The number of aromatic nitrogens is 3. The summed E-state index contributed by atoms with van der Waals surface area (Å²) in [7, 11) is 0. The first kappa shape index (κ1) is 22.7. The topological polar surface area (TPSA) is 110 Å². The number of thioether (sulfide) groups is 1. The Bertz CT molecular complexity index is 1220. The van der Waals surface area contributed by atoms with Crippen LogP contribution in [0.25, 0.3) is 0 Å². The molecule has 0 atom stereocenters. The van der Waals surface area contributed by atoms with Crippen LogP contribution >= 0.6 is 23.1 Å². The van der Waals surface area contributed by atoms with Gasteiger partial charge in [0, 0.05) is 28.8 Å². The predicted octanol–water partition coefficient (Wildman–Crippen LogP) is 4.80. The maximum Gasteiger partial charge on any atom is 0.276 e. The second kappa shape index (κ2) is 10.9. The number of benzene rings is 2. The van der Waals surface area contributed by atoms with Gasteiger partial charge in [0.25, 0.3) is 11.1 Å². The molecule has 10 heteroatoms. The number of rotatable bonds is 9. The van der Waals surface area contributed by atoms with Gasteiger partial charge in [0.1, 0.15) is 0 Å². The summed E-state index contributed by atoms with van der Waals surface area (Å²) < 4.78 is 5.65. The van der Waals surface area contributed by atoms with Crippen molar-refractivity contribution in [1.29, 1.82) is 0 Å². The summed E-state index contributed by atoms with van der Waals surface area (Å²) in [6, 6.07) is 16.6. The summed E-state index contributed by atoms with van der Waals surface area (Å²) in [6.07, 6.45) is 0.687. The minimum Gasteiger partial charge on any atom is -0.416 e. The zero-order valence-electron chi connectivity index (χ0n) is 17.8. The molecule has 0 aliphatic heterocycles. The van der Waals surface area contributed by atoms with E-state index in [1.807, 2.05) is 54.8 Å². The molecule has 0 fully saturated rings. The van der Waals surface area contributed by atoms with Gasteiger partial charge in [-0.1, -0.05) is 47.7 Å².